The molecule has 0 saturated carbocycles. The van der Waals surface area contributed by atoms with Gasteiger partial charge in [-0.25, -0.2) is 0 Å². The lowest BCUT2D eigenvalue weighted by Gasteiger charge is -2.14. The Morgan fingerprint density at radius 2 is 1.75 bits per heavy atom. The Morgan fingerprint density at radius 1 is 1.04 bits per heavy atom. The van der Waals surface area contributed by atoms with Crippen LogP contribution in [0.25, 0.3) is 0 Å². The van der Waals surface area contributed by atoms with Crippen molar-refractivity contribution in [2.45, 2.75) is 33.4 Å². The summed E-state index contributed by atoms with van der Waals surface area (Å²) in [6.07, 6.45) is -0.0331. The molecule has 9 heteroatoms. The molecular weight excluding hydrogens is 382 g/mol. The van der Waals surface area contributed by atoms with E-state index in [-0.39, 0.29) is 12.0 Å². The third-order valence-electron chi connectivity index (χ3n) is 3.48. The SMILES string of the molecule is COc1cc(C(=O)NNC(=O)c2ccc(CNC(C)=O)s2)ccc1OC(C)C. The van der Waals surface area contributed by atoms with Gasteiger partial charge >= 0.3 is 0 Å². The lowest BCUT2D eigenvalue weighted by Crippen LogP contribution is -2.41. The normalized spacial score (nSPS) is 10.3. The predicted molar refractivity (Wildman–Crippen MR) is 106 cm³/mol. The van der Waals surface area contributed by atoms with Gasteiger partial charge in [-0.2, -0.15) is 0 Å². The van der Waals surface area contributed by atoms with Crippen molar-refractivity contribution in [2.75, 3.05) is 7.11 Å². The van der Waals surface area contributed by atoms with E-state index >= 15 is 0 Å². The van der Waals surface area contributed by atoms with E-state index in [0.29, 0.717) is 28.5 Å². The summed E-state index contributed by atoms with van der Waals surface area (Å²) < 4.78 is 10.9. The van der Waals surface area contributed by atoms with E-state index in [1.165, 1.54) is 31.4 Å². The van der Waals surface area contributed by atoms with E-state index in [1.807, 2.05) is 13.8 Å². The zero-order chi connectivity index (χ0) is 20.7. The fourth-order valence-electron chi connectivity index (χ4n) is 2.21. The van der Waals surface area contributed by atoms with Gasteiger partial charge < -0.3 is 14.8 Å². The van der Waals surface area contributed by atoms with Crippen LogP contribution in [-0.4, -0.2) is 30.9 Å². The average Bonchev–Trinajstić information content (AvgIpc) is 3.13. The van der Waals surface area contributed by atoms with Crippen molar-refractivity contribution >= 4 is 29.1 Å². The van der Waals surface area contributed by atoms with Crippen LogP contribution in [0.1, 0.15) is 45.7 Å². The quantitative estimate of drug-likeness (QED) is 0.613. The van der Waals surface area contributed by atoms with Gasteiger partial charge in [0, 0.05) is 17.4 Å². The third-order valence-corrected chi connectivity index (χ3v) is 4.56. The minimum Gasteiger partial charge on any atom is -0.493 e. The number of nitrogens with one attached hydrogen (secondary N) is 3. The molecule has 0 fully saturated rings. The van der Waals surface area contributed by atoms with Gasteiger partial charge in [0.15, 0.2) is 11.5 Å². The molecule has 2 rings (SSSR count). The molecule has 1 aromatic carbocycles. The summed E-state index contributed by atoms with van der Waals surface area (Å²) in [4.78, 5) is 36.7. The Kier molecular flexibility index (Phi) is 7.39. The van der Waals surface area contributed by atoms with Crippen molar-refractivity contribution < 1.29 is 23.9 Å². The first kappa shape index (κ1) is 21.2. The lowest BCUT2D eigenvalue weighted by molar-refractivity contribution is -0.119. The molecule has 0 unspecified atom stereocenters. The second-order valence-electron chi connectivity index (χ2n) is 6.12. The summed E-state index contributed by atoms with van der Waals surface area (Å²) in [5.41, 5.74) is 5.05. The molecule has 0 saturated heterocycles. The molecule has 2 aromatic rings. The summed E-state index contributed by atoms with van der Waals surface area (Å²) >= 11 is 1.23. The number of amides is 3. The van der Waals surface area contributed by atoms with Crippen LogP contribution in [0.5, 0.6) is 11.5 Å². The summed E-state index contributed by atoms with van der Waals surface area (Å²) in [6, 6.07) is 8.14. The summed E-state index contributed by atoms with van der Waals surface area (Å²) in [5, 5.41) is 2.66. The summed E-state index contributed by atoms with van der Waals surface area (Å²) in [5.74, 6) is -0.124. The highest BCUT2D eigenvalue weighted by molar-refractivity contribution is 7.14. The van der Waals surface area contributed by atoms with Gasteiger partial charge in [0.25, 0.3) is 11.8 Å². The van der Waals surface area contributed by atoms with Gasteiger partial charge in [-0.05, 0) is 44.2 Å². The highest BCUT2D eigenvalue weighted by atomic mass is 32.1. The van der Waals surface area contributed by atoms with Gasteiger partial charge in [0.1, 0.15) is 0 Å². The predicted octanol–water partition coefficient (Wildman–Crippen LogP) is 2.25. The number of thiophene rings is 1. The fraction of sp³-hybridized carbons (Fsp3) is 0.316. The third kappa shape index (κ3) is 5.98. The van der Waals surface area contributed by atoms with Crippen LogP contribution in [0, 0.1) is 0 Å². The standard InChI is InChI=1S/C19H23N3O5S/c1-11(2)27-15-7-5-13(9-16(15)26-4)18(24)21-22-19(25)17-8-6-14(28-17)10-20-12(3)23/h5-9,11H,10H2,1-4H3,(H,20,23)(H,21,24)(H,22,25). The molecule has 1 heterocycles. The first-order valence-corrected chi connectivity index (χ1v) is 9.40. The number of methoxy groups -OCH3 is 1. The molecule has 150 valence electrons. The topological polar surface area (TPSA) is 106 Å². The number of rotatable bonds is 7. The van der Waals surface area contributed by atoms with Crippen molar-refractivity contribution in [1.29, 1.82) is 0 Å². The van der Waals surface area contributed by atoms with Crippen LogP contribution in [0.4, 0.5) is 0 Å². The largest absolute Gasteiger partial charge is 0.493 e. The van der Waals surface area contributed by atoms with Crippen LogP contribution in [-0.2, 0) is 11.3 Å². The Morgan fingerprint density at radius 3 is 2.39 bits per heavy atom. The Labute approximate surface area is 167 Å². The number of hydrazine groups is 1. The molecule has 1 aromatic heterocycles. The summed E-state index contributed by atoms with van der Waals surface area (Å²) in [7, 11) is 1.49. The second kappa shape index (κ2) is 9.75. The van der Waals surface area contributed by atoms with Crippen LogP contribution in [0.15, 0.2) is 30.3 Å². The van der Waals surface area contributed by atoms with Crippen molar-refractivity contribution in [2.24, 2.45) is 0 Å². The van der Waals surface area contributed by atoms with E-state index in [2.05, 4.69) is 16.2 Å². The van der Waals surface area contributed by atoms with Crippen molar-refractivity contribution in [3.63, 3.8) is 0 Å². The van der Waals surface area contributed by atoms with Crippen LogP contribution >= 0.6 is 11.3 Å². The van der Waals surface area contributed by atoms with E-state index in [4.69, 9.17) is 9.47 Å². The van der Waals surface area contributed by atoms with Gasteiger partial charge in [0.05, 0.1) is 24.6 Å². The van der Waals surface area contributed by atoms with Gasteiger partial charge in [-0.15, -0.1) is 11.3 Å². The lowest BCUT2D eigenvalue weighted by atomic mass is 10.2. The van der Waals surface area contributed by atoms with E-state index in [1.54, 1.807) is 24.3 Å². The Hall–Kier alpha value is -3.07. The molecule has 3 N–H and O–H groups in total. The number of carbonyl (C=O) groups is 3. The van der Waals surface area contributed by atoms with Crippen LogP contribution in [0.3, 0.4) is 0 Å². The maximum atomic E-state index is 12.3. The zero-order valence-electron chi connectivity index (χ0n) is 16.1. The molecule has 0 radical (unpaired) electrons. The zero-order valence-corrected chi connectivity index (χ0v) is 16.9. The molecule has 0 spiro atoms. The molecule has 0 aliphatic heterocycles. The second-order valence-corrected chi connectivity index (χ2v) is 7.28. The van der Waals surface area contributed by atoms with Crippen LogP contribution < -0.4 is 25.6 Å². The molecule has 3 amide bonds. The van der Waals surface area contributed by atoms with E-state index < -0.39 is 11.8 Å². The van der Waals surface area contributed by atoms with Gasteiger partial charge in [-0.1, -0.05) is 0 Å². The number of hydrogen-bond acceptors (Lipinski definition) is 6. The van der Waals surface area contributed by atoms with E-state index in [0.717, 1.165) is 4.88 Å². The number of ether oxygens (including phenoxy) is 2. The van der Waals surface area contributed by atoms with E-state index in [9.17, 15) is 14.4 Å². The molecule has 8 nitrogen and oxygen atoms in total. The Bertz CT molecular complexity index is 863. The first-order chi connectivity index (χ1) is 13.3. The highest BCUT2D eigenvalue weighted by Crippen LogP contribution is 2.28. The number of carbonyl (C=O) groups excluding carboxylic acids is 3. The minimum absolute atomic E-state index is 0.0331. The number of hydrogen-bond donors (Lipinski definition) is 3. The number of benzene rings is 1. The fourth-order valence-corrected chi connectivity index (χ4v) is 3.06. The molecule has 0 atom stereocenters. The van der Waals surface area contributed by atoms with Crippen molar-refractivity contribution in [3.8, 4) is 11.5 Å². The summed E-state index contributed by atoms with van der Waals surface area (Å²) in [6.45, 7) is 5.56. The minimum atomic E-state index is -0.488. The van der Waals surface area contributed by atoms with Crippen molar-refractivity contribution in [3.05, 3.63) is 45.6 Å². The smallest absolute Gasteiger partial charge is 0.279 e. The van der Waals surface area contributed by atoms with Gasteiger partial charge in [0.2, 0.25) is 5.91 Å². The first-order valence-electron chi connectivity index (χ1n) is 8.58. The van der Waals surface area contributed by atoms with Crippen LogP contribution in [0.2, 0.25) is 0 Å². The highest BCUT2D eigenvalue weighted by Gasteiger charge is 2.14. The molecule has 0 aliphatic rings. The molecule has 28 heavy (non-hydrogen) atoms. The monoisotopic (exact) mass is 405 g/mol. The Balaban J connectivity index is 1.96. The molecule has 0 aliphatic carbocycles. The molecule has 0 bridgehead atoms. The molecular formula is C19H23N3O5S. The van der Waals surface area contributed by atoms with Gasteiger partial charge in [-0.3, -0.25) is 25.2 Å². The van der Waals surface area contributed by atoms with Crippen molar-refractivity contribution in [1.82, 2.24) is 16.2 Å². The maximum absolute atomic E-state index is 12.3. The maximum Gasteiger partial charge on any atom is 0.279 e. The average molecular weight is 405 g/mol.